The van der Waals surface area contributed by atoms with Gasteiger partial charge >= 0.3 is 0 Å². The average Bonchev–Trinajstić information content (AvgIpc) is 2.84. The number of halogens is 1. The third-order valence-corrected chi connectivity index (χ3v) is 3.56. The first-order valence-corrected chi connectivity index (χ1v) is 6.94. The topological polar surface area (TPSA) is 80.0 Å². The molecular weight excluding hydrogens is 279 g/mol. The van der Waals surface area contributed by atoms with Crippen LogP contribution in [-0.4, -0.2) is 17.4 Å². The Morgan fingerprint density at radius 2 is 2.30 bits per heavy atom. The van der Waals surface area contributed by atoms with Gasteiger partial charge in [0, 0.05) is 18.3 Å². The van der Waals surface area contributed by atoms with E-state index in [0.29, 0.717) is 13.0 Å². The molecule has 20 heavy (non-hydrogen) atoms. The molecule has 0 atom stereocenters. The van der Waals surface area contributed by atoms with E-state index in [2.05, 4.69) is 15.7 Å². The Morgan fingerprint density at radius 1 is 1.50 bits per heavy atom. The number of carbonyl (C=O) groups is 1. The number of aromatic nitrogens is 1. The van der Waals surface area contributed by atoms with Crippen LogP contribution >= 0.6 is 11.3 Å². The molecule has 5 nitrogen and oxygen atoms in total. The summed E-state index contributed by atoms with van der Waals surface area (Å²) in [5.41, 5.74) is 3.32. The number of hydrogen-bond donors (Lipinski definition) is 3. The summed E-state index contributed by atoms with van der Waals surface area (Å²) in [7, 11) is 0. The standard InChI is InChI=1S/C13H15FN4OS/c1-8-17-9(7-20-8)5-6-16-13(19)10-3-2-4-11(14)12(10)18-15/h2-4,7,18H,5-6,15H2,1H3,(H,16,19). The predicted molar refractivity (Wildman–Crippen MR) is 77.1 cm³/mol. The zero-order chi connectivity index (χ0) is 14.5. The van der Waals surface area contributed by atoms with Crippen LogP contribution in [0.25, 0.3) is 0 Å². The number of rotatable bonds is 5. The van der Waals surface area contributed by atoms with E-state index < -0.39 is 5.82 Å². The van der Waals surface area contributed by atoms with Crippen molar-refractivity contribution in [1.29, 1.82) is 0 Å². The van der Waals surface area contributed by atoms with Gasteiger partial charge in [0.1, 0.15) is 5.82 Å². The van der Waals surface area contributed by atoms with E-state index in [1.807, 2.05) is 12.3 Å². The van der Waals surface area contributed by atoms with Crippen LogP contribution in [0, 0.1) is 12.7 Å². The smallest absolute Gasteiger partial charge is 0.253 e. The van der Waals surface area contributed by atoms with E-state index in [1.54, 1.807) is 11.3 Å². The van der Waals surface area contributed by atoms with Gasteiger partial charge in [-0.05, 0) is 19.1 Å². The number of carbonyl (C=O) groups excluding carboxylic acids is 1. The number of hydrogen-bond acceptors (Lipinski definition) is 5. The third-order valence-electron chi connectivity index (χ3n) is 2.74. The summed E-state index contributed by atoms with van der Waals surface area (Å²) < 4.78 is 13.5. The lowest BCUT2D eigenvalue weighted by molar-refractivity contribution is 0.0954. The first kappa shape index (κ1) is 14.4. The molecule has 1 amide bonds. The van der Waals surface area contributed by atoms with Crippen molar-refractivity contribution in [3.05, 3.63) is 45.7 Å². The number of para-hydroxylation sites is 1. The van der Waals surface area contributed by atoms with E-state index in [0.717, 1.165) is 10.7 Å². The molecule has 1 aromatic carbocycles. The molecule has 0 aliphatic carbocycles. The number of thiazole rings is 1. The molecule has 0 spiro atoms. The highest BCUT2D eigenvalue weighted by Crippen LogP contribution is 2.18. The Morgan fingerprint density at radius 3 is 2.95 bits per heavy atom. The number of nitrogens with two attached hydrogens (primary N) is 1. The quantitative estimate of drug-likeness (QED) is 0.581. The summed E-state index contributed by atoms with van der Waals surface area (Å²) in [4.78, 5) is 16.3. The molecule has 7 heteroatoms. The number of hydrazine groups is 1. The Hall–Kier alpha value is -1.99. The highest BCUT2D eigenvalue weighted by molar-refractivity contribution is 7.09. The number of aryl methyl sites for hydroxylation is 1. The number of nitrogen functional groups attached to an aromatic ring is 1. The SMILES string of the molecule is Cc1nc(CCNC(=O)c2cccc(F)c2NN)cs1. The van der Waals surface area contributed by atoms with Gasteiger partial charge in [0.15, 0.2) is 0 Å². The van der Waals surface area contributed by atoms with Crippen molar-refractivity contribution in [2.75, 3.05) is 12.0 Å². The van der Waals surface area contributed by atoms with Crippen molar-refractivity contribution in [1.82, 2.24) is 10.3 Å². The van der Waals surface area contributed by atoms with Gasteiger partial charge in [-0.15, -0.1) is 11.3 Å². The third kappa shape index (κ3) is 3.31. The molecule has 0 aliphatic rings. The van der Waals surface area contributed by atoms with Gasteiger partial charge in [-0.3, -0.25) is 10.6 Å². The Bertz CT molecular complexity index is 614. The largest absolute Gasteiger partial charge is 0.352 e. The molecule has 0 radical (unpaired) electrons. The molecule has 4 N–H and O–H groups in total. The monoisotopic (exact) mass is 294 g/mol. The maximum Gasteiger partial charge on any atom is 0.253 e. The van der Waals surface area contributed by atoms with Gasteiger partial charge in [-0.25, -0.2) is 9.37 Å². The lowest BCUT2D eigenvalue weighted by Gasteiger charge is -2.09. The van der Waals surface area contributed by atoms with Gasteiger partial charge < -0.3 is 10.7 Å². The van der Waals surface area contributed by atoms with Crippen LogP contribution in [-0.2, 0) is 6.42 Å². The molecule has 2 rings (SSSR count). The molecule has 0 aliphatic heterocycles. The molecule has 0 saturated heterocycles. The van der Waals surface area contributed by atoms with Crippen molar-refractivity contribution in [2.24, 2.45) is 5.84 Å². The second kappa shape index (κ2) is 6.44. The van der Waals surface area contributed by atoms with Gasteiger partial charge in [0.2, 0.25) is 0 Å². The maximum atomic E-state index is 13.5. The predicted octanol–water partition coefficient (Wildman–Crippen LogP) is 1.85. The molecule has 0 fully saturated rings. The van der Waals surface area contributed by atoms with Crippen molar-refractivity contribution >= 4 is 22.9 Å². The van der Waals surface area contributed by atoms with E-state index in [1.165, 1.54) is 18.2 Å². The van der Waals surface area contributed by atoms with Crippen LogP contribution in [0.4, 0.5) is 10.1 Å². The lowest BCUT2D eigenvalue weighted by atomic mass is 10.1. The number of amides is 1. The highest BCUT2D eigenvalue weighted by Gasteiger charge is 2.13. The number of anilines is 1. The van der Waals surface area contributed by atoms with Crippen LogP contribution in [0.15, 0.2) is 23.6 Å². The summed E-state index contributed by atoms with van der Waals surface area (Å²) in [6.45, 7) is 2.36. The van der Waals surface area contributed by atoms with E-state index >= 15 is 0 Å². The molecule has 1 aromatic heterocycles. The van der Waals surface area contributed by atoms with Crippen LogP contribution in [0.2, 0.25) is 0 Å². The fourth-order valence-electron chi connectivity index (χ4n) is 1.78. The molecule has 0 unspecified atom stereocenters. The molecule has 1 heterocycles. The van der Waals surface area contributed by atoms with Crippen LogP contribution in [0.1, 0.15) is 21.1 Å². The Kier molecular flexibility index (Phi) is 4.65. The van der Waals surface area contributed by atoms with E-state index in [9.17, 15) is 9.18 Å². The first-order valence-electron chi connectivity index (χ1n) is 6.06. The fourth-order valence-corrected chi connectivity index (χ4v) is 2.43. The van der Waals surface area contributed by atoms with Crippen LogP contribution in [0.3, 0.4) is 0 Å². The molecule has 0 saturated carbocycles. The summed E-state index contributed by atoms with van der Waals surface area (Å²) >= 11 is 1.57. The van der Waals surface area contributed by atoms with Crippen molar-refractivity contribution < 1.29 is 9.18 Å². The summed E-state index contributed by atoms with van der Waals surface area (Å²) in [5, 5.41) is 5.67. The summed E-state index contributed by atoms with van der Waals surface area (Å²) in [5.74, 6) is 4.30. The van der Waals surface area contributed by atoms with Gasteiger partial charge in [0.25, 0.3) is 5.91 Å². The number of nitrogens with zero attached hydrogens (tertiary/aromatic N) is 1. The first-order chi connectivity index (χ1) is 9.61. The zero-order valence-corrected chi connectivity index (χ0v) is 11.8. The average molecular weight is 294 g/mol. The minimum atomic E-state index is -0.560. The fraction of sp³-hybridized carbons (Fsp3) is 0.231. The van der Waals surface area contributed by atoms with Crippen molar-refractivity contribution in [2.45, 2.75) is 13.3 Å². The highest BCUT2D eigenvalue weighted by atomic mass is 32.1. The normalized spacial score (nSPS) is 10.3. The van der Waals surface area contributed by atoms with Crippen molar-refractivity contribution in [3.8, 4) is 0 Å². The zero-order valence-electron chi connectivity index (χ0n) is 10.9. The number of nitrogens with one attached hydrogen (secondary N) is 2. The molecule has 106 valence electrons. The molecule has 0 bridgehead atoms. The lowest BCUT2D eigenvalue weighted by Crippen LogP contribution is -2.27. The van der Waals surface area contributed by atoms with Gasteiger partial charge in [-0.2, -0.15) is 0 Å². The Balaban J connectivity index is 1.97. The van der Waals surface area contributed by atoms with Crippen molar-refractivity contribution in [3.63, 3.8) is 0 Å². The molecular formula is C13H15FN4OS. The summed E-state index contributed by atoms with van der Waals surface area (Å²) in [6, 6.07) is 4.22. The van der Waals surface area contributed by atoms with Gasteiger partial charge in [0.05, 0.1) is 22.0 Å². The second-order valence-corrected chi connectivity index (χ2v) is 5.23. The second-order valence-electron chi connectivity index (χ2n) is 4.17. The Labute approximate surface area is 120 Å². The van der Waals surface area contributed by atoms with Crippen LogP contribution in [0.5, 0.6) is 0 Å². The van der Waals surface area contributed by atoms with Gasteiger partial charge in [-0.1, -0.05) is 6.07 Å². The molecule has 2 aromatic rings. The minimum Gasteiger partial charge on any atom is -0.352 e. The summed E-state index contributed by atoms with van der Waals surface area (Å²) in [6.07, 6.45) is 0.636. The number of benzene rings is 1. The van der Waals surface area contributed by atoms with E-state index in [-0.39, 0.29) is 17.2 Å². The van der Waals surface area contributed by atoms with Crippen LogP contribution < -0.4 is 16.6 Å². The maximum absolute atomic E-state index is 13.5. The van der Waals surface area contributed by atoms with E-state index in [4.69, 9.17) is 5.84 Å². The minimum absolute atomic E-state index is 0.00509.